The fourth-order valence-electron chi connectivity index (χ4n) is 8.27. The van der Waals surface area contributed by atoms with Crippen molar-refractivity contribution in [3.05, 3.63) is 218 Å². The van der Waals surface area contributed by atoms with Gasteiger partial charge in [0.2, 0.25) is 0 Å². The second-order valence-electron chi connectivity index (χ2n) is 14.4. The Morgan fingerprint density at radius 3 is 1.84 bits per heavy atom. The lowest BCUT2D eigenvalue weighted by Gasteiger charge is -2.14. The zero-order valence-corrected chi connectivity index (χ0v) is 32.7. The highest BCUT2D eigenvalue weighted by Crippen LogP contribution is 2.40. The fraction of sp³-hybridized carbons (Fsp3) is 0.0545. The molecule has 0 atom stereocenters. The molecule has 0 radical (unpaired) electrons. The SMILES string of the molecule is C=C(/C=C(\C=C(/C)c1ccccc1)n1c2ccc(-c3ccc4c(ccn4-c4cccc5ccccc45)c3)cc2c2ccc3ccccc3c21)c1ccccc1.CC. The lowest BCUT2D eigenvalue weighted by Crippen LogP contribution is -1.97. The second kappa shape index (κ2) is 15.2. The van der Waals surface area contributed by atoms with Crippen molar-refractivity contribution in [2.45, 2.75) is 20.8 Å². The molecule has 57 heavy (non-hydrogen) atoms. The first kappa shape index (κ1) is 35.5. The van der Waals surface area contributed by atoms with Crippen LogP contribution < -0.4 is 0 Å². The van der Waals surface area contributed by atoms with Gasteiger partial charge >= 0.3 is 0 Å². The summed E-state index contributed by atoms with van der Waals surface area (Å²) in [7, 11) is 0. The molecule has 0 aliphatic heterocycles. The fourth-order valence-corrected chi connectivity index (χ4v) is 8.27. The Bertz CT molecular complexity index is 3150. The number of allylic oxidation sites excluding steroid dienone is 5. The Labute approximate surface area is 334 Å². The van der Waals surface area contributed by atoms with E-state index in [1.807, 2.05) is 13.8 Å². The highest BCUT2D eigenvalue weighted by Gasteiger charge is 2.18. The van der Waals surface area contributed by atoms with Gasteiger partial charge in [-0.2, -0.15) is 0 Å². The Morgan fingerprint density at radius 1 is 0.474 bits per heavy atom. The van der Waals surface area contributed by atoms with Gasteiger partial charge in [0, 0.05) is 38.8 Å². The van der Waals surface area contributed by atoms with Gasteiger partial charge in [0.15, 0.2) is 0 Å². The maximum atomic E-state index is 4.57. The summed E-state index contributed by atoms with van der Waals surface area (Å²) in [5.74, 6) is 0. The third-order valence-electron chi connectivity index (χ3n) is 11.0. The standard InChI is InChI=1S/C53H38N2.C2H6/c1-36(38-14-5-3-6-15-38)32-45(33-37(2)39-16-7-4-8-17-39)55-52-29-26-43(35-49(52)48-27-24-41-19-10-12-22-47(41)53(48)55)42-25-28-50-44(34-42)30-31-54(50)51-23-13-20-40-18-9-11-21-46(40)51;1-2/h3-35H,1H2,2H3;1-2H3/b37-33+,45-32+;. The molecule has 2 heteroatoms. The number of rotatable bonds is 7. The molecule has 2 nitrogen and oxygen atoms in total. The van der Waals surface area contributed by atoms with Crippen molar-refractivity contribution in [2.75, 3.05) is 0 Å². The van der Waals surface area contributed by atoms with Gasteiger partial charge in [0.25, 0.3) is 0 Å². The van der Waals surface area contributed by atoms with Crippen LogP contribution in [0.5, 0.6) is 0 Å². The smallest absolute Gasteiger partial charge is 0.0619 e. The van der Waals surface area contributed by atoms with Crippen molar-refractivity contribution >= 4 is 71.1 Å². The molecule has 10 aromatic rings. The molecule has 0 saturated heterocycles. The van der Waals surface area contributed by atoms with E-state index in [-0.39, 0.29) is 0 Å². The van der Waals surface area contributed by atoms with Crippen molar-refractivity contribution in [3.8, 4) is 16.8 Å². The van der Waals surface area contributed by atoms with Crippen LogP contribution >= 0.6 is 0 Å². The average molecular weight is 733 g/mol. The van der Waals surface area contributed by atoms with Gasteiger partial charge < -0.3 is 9.13 Å². The van der Waals surface area contributed by atoms with Gasteiger partial charge in [-0.3, -0.25) is 0 Å². The molecule has 2 aromatic heterocycles. The monoisotopic (exact) mass is 732 g/mol. The molecule has 8 aromatic carbocycles. The lowest BCUT2D eigenvalue weighted by atomic mass is 10.0. The summed E-state index contributed by atoms with van der Waals surface area (Å²) in [6.45, 7) is 10.8. The van der Waals surface area contributed by atoms with E-state index in [2.05, 4.69) is 223 Å². The van der Waals surface area contributed by atoms with Crippen molar-refractivity contribution in [1.82, 2.24) is 9.13 Å². The summed E-state index contributed by atoms with van der Waals surface area (Å²) in [5.41, 5.74) is 12.6. The van der Waals surface area contributed by atoms with Crippen LogP contribution in [0.2, 0.25) is 0 Å². The highest BCUT2D eigenvalue weighted by molar-refractivity contribution is 6.20. The topological polar surface area (TPSA) is 9.86 Å². The molecular formula is C55H44N2. The molecule has 0 spiro atoms. The van der Waals surface area contributed by atoms with E-state index in [0.29, 0.717) is 0 Å². The molecule has 0 aliphatic carbocycles. The highest BCUT2D eigenvalue weighted by atomic mass is 15.0. The van der Waals surface area contributed by atoms with E-state index in [1.165, 1.54) is 76.7 Å². The quantitative estimate of drug-likeness (QED) is 0.144. The van der Waals surface area contributed by atoms with E-state index in [1.54, 1.807) is 0 Å². The number of benzene rings is 8. The number of aromatic nitrogens is 2. The van der Waals surface area contributed by atoms with Crippen LogP contribution in [0.4, 0.5) is 0 Å². The summed E-state index contributed by atoms with van der Waals surface area (Å²) in [6.07, 6.45) is 6.75. The van der Waals surface area contributed by atoms with Crippen molar-refractivity contribution < 1.29 is 0 Å². The molecule has 0 amide bonds. The summed E-state index contributed by atoms with van der Waals surface area (Å²) >= 11 is 0. The largest absolute Gasteiger partial charge is 0.316 e. The number of hydrogen-bond acceptors (Lipinski definition) is 0. The van der Waals surface area contributed by atoms with E-state index in [9.17, 15) is 0 Å². The molecule has 10 rings (SSSR count). The summed E-state index contributed by atoms with van der Waals surface area (Å²) in [6, 6.07) is 65.5. The van der Waals surface area contributed by atoms with Gasteiger partial charge in [-0.1, -0.05) is 166 Å². The molecule has 274 valence electrons. The maximum absolute atomic E-state index is 4.57. The first-order valence-corrected chi connectivity index (χ1v) is 19.9. The van der Waals surface area contributed by atoms with Crippen LogP contribution in [0.25, 0.3) is 87.9 Å². The number of fused-ring (bicyclic) bond motifs is 7. The normalized spacial score (nSPS) is 12.1. The van der Waals surface area contributed by atoms with Gasteiger partial charge in [0.1, 0.15) is 0 Å². The molecule has 2 heterocycles. The maximum Gasteiger partial charge on any atom is 0.0619 e. The third kappa shape index (κ3) is 6.46. The zero-order chi connectivity index (χ0) is 38.9. The van der Waals surface area contributed by atoms with Crippen LogP contribution in [0.3, 0.4) is 0 Å². The predicted molar refractivity (Wildman–Crippen MR) is 248 cm³/mol. The number of hydrogen-bond donors (Lipinski definition) is 0. The first-order valence-electron chi connectivity index (χ1n) is 19.9. The summed E-state index contributed by atoms with van der Waals surface area (Å²) < 4.78 is 4.76. The predicted octanol–water partition coefficient (Wildman–Crippen LogP) is 15.4. The Kier molecular flexibility index (Phi) is 9.46. The minimum atomic E-state index is 0.961. The van der Waals surface area contributed by atoms with Crippen LogP contribution in [-0.4, -0.2) is 9.13 Å². The van der Waals surface area contributed by atoms with E-state index >= 15 is 0 Å². The third-order valence-corrected chi connectivity index (χ3v) is 11.0. The molecular weight excluding hydrogens is 689 g/mol. The Hall–Kier alpha value is -7.16. The molecule has 0 bridgehead atoms. The summed E-state index contributed by atoms with van der Waals surface area (Å²) in [5, 5.41) is 8.57. The van der Waals surface area contributed by atoms with Crippen LogP contribution in [0, 0.1) is 0 Å². The van der Waals surface area contributed by atoms with Crippen molar-refractivity contribution in [1.29, 1.82) is 0 Å². The van der Waals surface area contributed by atoms with Crippen LogP contribution in [-0.2, 0) is 0 Å². The number of nitrogens with zero attached hydrogens (tertiary/aromatic N) is 2. The summed E-state index contributed by atoms with van der Waals surface area (Å²) in [4.78, 5) is 0. The molecule has 0 fully saturated rings. The van der Waals surface area contributed by atoms with Crippen LogP contribution in [0.1, 0.15) is 31.9 Å². The van der Waals surface area contributed by atoms with E-state index in [0.717, 1.165) is 22.4 Å². The molecule has 0 N–H and O–H groups in total. The average Bonchev–Trinajstić information content (AvgIpc) is 3.86. The van der Waals surface area contributed by atoms with E-state index < -0.39 is 0 Å². The zero-order valence-electron chi connectivity index (χ0n) is 32.7. The Balaban J connectivity index is 0.00000208. The van der Waals surface area contributed by atoms with Crippen molar-refractivity contribution in [3.63, 3.8) is 0 Å². The Morgan fingerprint density at radius 2 is 1.09 bits per heavy atom. The minimum absolute atomic E-state index is 0.961. The van der Waals surface area contributed by atoms with Gasteiger partial charge in [-0.25, -0.2) is 0 Å². The lowest BCUT2D eigenvalue weighted by molar-refractivity contribution is 1.14. The van der Waals surface area contributed by atoms with Gasteiger partial charge in [0.05, 0.1) is 22.2 Å². The molecule has 0 unspecified atom stereocenters. The van der Waals surface area contributed by atoms with Gasteiger partial charge in [-0.15, -0.1) is 0 Å². The van der Waals surface area contributed by atoms with E-state index in [4.69, 9.17) is 0 Å². The molecule has 0 saturated carbocycles. The van der Waals surface area contributed by atoms with Crippen LogP contribution in [0.15, 0.2) is 207 Å². The second-order valence-corrected chi connectivity index (χ2v) is 14.4. The van der Waals surface area contributed by atoms with Gasteiger partial charge in [-0.05, 0) is 99.6 Å². The first-order chi connectivity index (χ1) is 28.1. The minimum Gasteiger partial charge on any atom is -0.316 e. The molecule has 0 aliphatic rings. The van der Waals surface area contributed by atoms with Crippen molar-refractivity contribution in [2.24, 2.45) is 0 Å².